The van der Waals surface area contributed by atoms with E-state index in [-0.39, 0.29) is 34.8 Å². The summed E-state index contributed by atoms with van der Waals surface area (Å²) in [6.07, 6.45) is 1.53. The lowest BCUT2D eigenvalue weighted by Gasteiger charge is -2.37. The van der Waals surface area contributed by atoms with Gasteiger partial charge in [0.15, 0.2) is 17.3 Å². The van der Waals surface area contributed by atoms with Crippen LogP contribution in [0.25, 0.3) is 16.6 Å². The Morgan fingerprint density at radius 2 is 1.85 bits per heavy atom. The van der Waals surface area contributed by atoms with Gasteiger partial charge in [0.1, 0.15) is 11.6 Å². The lowest BCUT2D eigenvalue weighted by Crippen LogP contribution is -2.54. The van der Waals surface area contributed by atoms with Crippen LogP contribution in [0.3, 0.4) is 0 Å². The third-order valence-electron chi connectivity index (χ3n) is 5.70. The second-order valence-corrected chi connectivity index (χ2v) is 8.60. The van der Waals surface area contributed by atoms with Crippen molar-refractivity contribution < 1.29 is 13.6 Å². The summed E-state index contributed by atoms with van der Waals surface area (Å²) in [5.41, 5.74) is 1.41. The van der Waals surface area contributed by atoms with Crippen LogP contribution in [-0.4, -0.2) is 55.5 Å². The molecule has 0 saturated carbocycles. The highest BCUT2D eigenvalue weighted by molar-refractivity contribution is 5.99. The molecule has 0 radical (unpaired) electrons. The summed E-state index contributed by atoms with van der Waals surface area (Å²) in [5.74, 6) is -0.926. The Hall–Kier alpha value is -3.60. The highest BCUT2D eigenvalue weighted by atomic mass is 19.1. The normalized spacial score (nSPS) is 18.9. The van der Waals surface area contributed by atoms with E-state index in [0.717, 1.165) is 4.68 Å². The van der Waals surface area contributed by atoms with E-state index < -0.39 is 11.6 Å². The zero-order valence-electron chi connectivity index (χ0n) is 18.7. The Labute approximate surface area is 188 Å². The molecule has 1 aliphatic rings. The summed E-state index contributed by atoms with van der Waals surface area (Å²) in [6.45, 7) is 8.60. The van der Waals surface area contributed by atoms with Gasteiger partial charge in [0.05, 0.1) is 22.8 Å². The average Bonchev–Trinajstić information content (AvgIpc) is 3.28. The summed E-state index contributed by atoms with van der Waals surface area (Å²) in [4.78, 5) is 18.4. The van der Waals surface area contributed by atoms with Crippen molar-refractivity contribution in [2.24, 2.45) is 0 Å². The molecule has 4 aromatic rings. The predicted octanol–water partition coefficient (Wildman–Crippen LogP) is 3.26. The molecule has 0 amide bonds. The monoisotopic (exact) mass is 454 g/mol. The summed E-state index contributed by atoms with van der Waals surface area (Å²) in [5, 5.41) is 15.0. The van der Waals surface area contributed by atoms with Gasteiger partial charge in [0.2, 0.25) is 5.91 Å². The van der Waals surface area contributed by atoms with E-state index >= 15 is 4.39 Å². The minimum Gasteiger partial charge on any atom is -0.368 e. The molecule has 172 valence electrons. The van der Waals surface area contributed by atoms with Crippen LogP contribution >= 0.6 is 0 Å². The standard InChI is InChI=1S/C22H24F2N8O/c1-11-8-30(9-12(2)25-11)16-6-17(23)20-19(7-16)32(14(4)33)29-21(20)27-15-5-18(24)22-26-13(3)28-31(22)10-15/h5-7,10-12,25H,8-9H2,1-4H3,(H,27,29)/t11-,12-/m0/s1. The smallest absolute Gasteiger partial charge is 0.244 e. The van der Waals surface area contributed by atoms with Gasteiger partial charge in [-0.25, -0.2) is 18.3 Å². The van der Waals surface area contributed by atoms with Crippen LogP contribution in [0, 0.1) is 18.6 Å². The van der Waals surface area contributed by atoms with Crippen molar-refractivity contribution in [3.63, 3.8) is 0 Å². The maximum Gasteiger partial charge on any atom is 0.244 e. The highest BCUT2D eigenvalue weighted by Gasteiger charge is 2.25. The molecule has 3 aromatic heterocycles. The number of piperazine rings is 1. The van der Waals surface area contributed by atoms with Crippen LogP contribution in [-0.2, 0) is 0 Å². The predicted molar refractivity (Wildman–Crippen MR) is 121 cm³/mol. The highest BCUT2D eigenvalue weighted by Crippen LogP contribution is 2.33. The summed E-state index contributed by atoms with van der Waals surface area (Å²) < 4.78 is 32.4. The molecule has 1 saturated heterocycles. The van der Waals surface area contributed by atoms with Gasteiger partial charge in [0, 0.05) is 43.9 Å². The molecule has 5 rings (SSSR count). The maximum absolute atomic E-state index is 15.4. The summed E-state index contributed by atoms with van der Waals surface area (Å²) in [6, 6.07) is 4.94. The van der Waals surface area contributed by atoms with Crippen molar-refractivity contribution in [3.05, 3.63) is 41.9 Å². The number of nitrogens with zero attached hydrogens (tertiary/aromatic N) is 6. The number of carbonyl (C=O) groups is 1. The molecule has 2 N–H and O–H groups in total. The first-order chi connectivity index (χ1) is 15.7. The second kappa shape index (κ2) is 7.77. The number of hydrogen-bond acceptors (Lipinski definition) is 7. The molecular weight excluding hydrogens is 430 g/mol. The van der Waals surface area contributed by atoms with Crippen molar-refractivity contribution in [2.75, 3.05) is 23.3 Å². The van der Waals surface area contributed by atoms with Crippen molar-refractivity contribution in [3.8, 4) is 0 Å². The molecule has 1 fully saturated rings. The number of hydrogen-bond donors (Lipinski definition) is 2. The molecule has 0 spiro atoms. The number of pyridine rings is 1. The molecule has 11 heteroatoms. The first-order valence-corrected chi connectivity index (χ1v) is 10.7. The fraction of sp³-hybridized carbons (Fsp3) is 0.364. The molecule has 1 aliphatic heterocycles. The Kier molecular flexibility index (Phi) is 5.00. The third kappa shape index (κ3) is 3.78. The van der Waals surface area contributed by atoms with Gasteiger partial charge in [-0.1, -0.05) is 0 Å². The number of benzene rings is 1. The Bertz CT molecular complexity index is 1380. The Morgan fingerprint density at radius 1 is 1.12 bits per heavy atom. The lowest BCUT2D eigenvalue weighted by molar-refractivity contribution is 0.0927. The van der Waals surface area contributed by atoms with E-state index in [9.17, 15) is 9.18 Å². The molecule has 9 nitrogen and oxygen atoms in total. The van der Waals surface area contributed by atoms with Crippen LogP contribution < -0.4 is 15.5 Å². The van der Waals surface area contributed by atoms with Crippen LogP contribution in [0.1, 0.15) is 31.4 Å². The molecule has 0 aliphatic carbocycles. The second-order valence-electron chi connectivity index (χ2n) is 8.60. The van der Waals surface area contributed by atoms with Crippen molar-refractivity contribution in [2.45, 2.75) is 39.8 Å². The van der Waals surface area contributed by atoms with Gasteiger partial charge in [-0.15, -0.1) is 5.10 Å². The van der Waals surface area contributed by atoms with E-state index in [2.05, 4.69) is 44.6 Å². The number of rotatable bonds is 3. The van der Waals surface area contributed by atoms with Crippen molar-refractivity contribution in [1.29, 1.82) is 0 Å². The first kappa shape index (κ1) is 21.3. The van der Waals surface area contributed by atoms with Crippen LogP contribution in [0.2, 0.25) is 0 Å². The SMILES string of the molecule is CC(=O)n1nc(Nc2cc(F)c3nc(C)nn3c2)c2c(F)cc(N3C[C@H](C)N[C@@H](C)C3)cc21. The quantitative estimate of drug-likeness (QED) is 0.491. The number of aromatic nitrogens is 5. The minimum absolute atomic E-state index is 0.0903. The zero-order chi connectivity index (χ0) is 23.4. The van der Waals surface area contributed by atoms with E-state index in [1.54, 1.807) is 13.0 Å². The van der Waals surface area contributed by atoms with E-state index in [4.69, 9.17) is 0 Å². The zero-order valence-corrected chi connectivity index (χ0v) is 18.7. The van der Waals surface area contributed by atoms with Gasteiger partial charge in [0.25, 0.3) is 0 Å². The van der Waals surface area contributed by atoms with Crippen LogP contribution in [0.4, 0.5) is 26.0 Å². The number of fused-ring (bicyclic) bond motifs is 2. The average molecular weight is 454 g/mol. The van der Waals surface area contributed by atoms with Crippen LogP contribution in [0.5, 0.6) is 0 Å². The molecule has 33 heavy (non-hydrogen) atoms. The van der Waals surface area contributed by atoms with Gasteiger partial charge in [-0.3, -0.25) is 4.79 Å². The third-order valence-corrected chi connectivity index (χ3v) is 5.70. The molecule has 0 bridgehead atoms. The molecule has 2 atom stereocenters. The topological polar surface area (TPSA) is 92.4 Å². The number of halogens is 2. The van der Waals surface area contributed by atoms with E-state index in [1.807, 2.05) is 0 Å². The summed E-state index contributed by atoms with van der Waals surface area (Å²) in [7, 11) is 0. The number of aryl methyl sites for hydroxylation is 1. The number of carbonyl (C=O) groups excluding carboxylic acids is 1. The fourth-order valence-electron chi connectivity index (χ4n) is 4.49. The molecule has 4 heterocycles. The van der Waals surface area contributed by atoms with Gasteiger partial charge in [-0.05, 0) is 32.9 Å². The minimum atomic E-state index is -0.583. The van der Waals surface area contributed by atoms with Gasteiger partial charge < -0.3 is 15.5 Å². The largest absolute Gasteiger partial charge is 0.368 e. The van der Waals surface area contributed by atoms with E-state index in [1.165, 1.54) is 29.8 Å². The lowest BCUT2D eigenvalue weighted by atomic mass is 10.1. The van der Waals surface area contributed by atoms with Crippen LogP contribution in [0.15, 0.2) is 24.4 Å². The first-order valence-electron chi connectivity index (χ1n) is 10.7. The number of nitrogens with one attached hydrogen (secondary N) is 2. The van der Waals surface area contributed by atoms with Crippen molar-refractivity contribution >= 4 is 39.6 Å². The van der Waals surface area contributed by atoms with Gasteiger partial charge in [-0.2, -0.15) is 9.78 Å². The van der Waals surface area contributed by atoms with Gasteiger partial charge >= 0.3 is 0 Å². The van der Waals surface area contributed by atoms with E-state index in [0.29, 0.717) is 35.8 Å². The number of anilines is 3. The maximum atomic E-state index is 15.4. The fourth-order valence-corrected chi connectivity index (χ4v) is 4.49. The Balaban J connectivity index is 1.59. The van der Waals surface area contributed by atoms with Crippen molar-refractivity contribution in [1.82, 2.24) is 29.7 Å². The molecule has 0 unspecified atom stereocenters. The molecule has 1 aromatic carbocycles. The molecular formula is C22H24F2N8O. The Morgan fingerprint density at radius 3 is 2.55 bits per heavy atom. The summed E-state index contributed by atoms with van der Waals surface area (Å²) >= 11 is 0.